The number of hydrogen-bond donors (Lipinski definition) is 3. The Kier molecular flexibility index (Phi) is 5.66. The van der Waals surface area contributed by atoms with Crippen molar-refractivity contribution in [1.29, 1.82) is 0 Å². The molecule has 0 fully saturated rings. The van der Waals surface area contributed by atoms with Gasteiger partial charge in [0.05, 0.1) is 0 Å². The van der Waals surface area contributed by atoms with E-state index in [9.17, 15) is 4.79 Å². The van der Waals surface area contributed by atoms with Crippen molar-refractivity contribution in [2.45, 2.75) is 52.3 Å². The Balaban J connectivity index is 1.84. The number of carbonyl (C=O) groups excluding carboxylic acids is 1. The molecule has 1 amide bonds. The van der Waals surface area contributed by atoms with Crippen molar-refractivity contribution in [1.82, 2.24) is 15.6 Å². The van der Waals surface area contributed by atoms with E-state index >= 15 is 0 Å². The molecule has 0 saturated heterocycles. The molecule has 5 nitrogen and oxygen atoms in total. The largest absolute Gasteiger partial charge is 0.444 e. The quantitative estimate of drug-likeness (QED) is 0.763. The molecule has 3 N–H and O–H groups in total. The molecule has 0 bridgehead atoms. The fraction of sp³-hybridized carbons (Fsp3) is 0.500. The Morgan fingerprint density at radius 3 is 2.78 bits per heavy atom. The molecule has 0 aliphatic heterocycles. The lowest BCUT2D eigenvalue weighted by Gasteiger charge is -2.23. The lowest BCUT2D eigenvalue weighted by molar-refractivity contribution is 0.0502. The summed E-state index contributed by atoms with van der Waals surface area (Å²) in [6, 6.07) is 8.37. The van der Waals surface area contributed by atoms with Crippen LogP contribution in [0.2, 0.25) is 0 Å². The molecule has 5 heteroatoms. The molecule has 0 aliphatic carbocycles. The van der Waals surface area contributed by atoms with Gasteiger partial charge in [0.25, 0.3) is 0 Å². The molecule has 1 unspecified atom stereocenters. The van der Waals surface area contributed by atoms with Crippen LogP contribution in [0, 0.1) is 0 Å². The van der Waals surface area contributed by atoms with Crippen LogP contribution in [0.15, 0.2) is 30.5 Å². The van der Waals surface area contributed by atoms with E-state index in [0.29, 0.717) is 6.54 Å². The van der Waals surface area contributed by atoms with Crippen LogP contribution in [0.4, 0.5) is 4.79 Å². The molecule has 0 aliphatic rings. The summed E-state index contributed by atoms with van der Waals surface area (Å²) in [5.74, 6) is 0. The highest BCUT2D eigenvalue weighted by Crippen LogP contribution is 2.17. The smallest absolute Gasteiger partial charge is 0.407 e. The van der Waals surface area contributed by atoms with Crippen molar-refractivity contribution in [3.8, 4) is 0 Å². The first kappa shape index (κ1) is 17.3. The molecule has 23 heavy (non-hydrogen) atoms. The third kappa shape index (κ3) is 5.28. The van der Waals surface area contributed by atoms with E-state index in [1.54, 1.807) is 0 Å². The van der Waals surface area contributed by atoms with Crippen LogP contribution in [0.25, 0.3) is 10.9 Å². The fourth-order valence-electron chi connectivity index (χ4n) is 2.46. The number of fused-ring (bicyclic) bond motifs is 1. The first-order chi connectivity index (χ1) is 10.9. The number of rotatable bonds is 6. The highest BCUT2D eigenvalue weighted by atomic mass is 16.6. The van der Waals surface area contributed by atoms with Crippen LogP contribution in [-0.4, -0.2) is 29.3 Å². The summed E-state index contributed by atoms with van der Waals surface area (Å²) >= 11 is 0. The predicted molar refractivity (Wildman–Crippen MR) is 93.5 cm³/mol. The number of aromatic nitrogens is 1. The molecular formula is C18H27N3O2. The Labute approximate surface area is 137 Å². The summed E-state index contributed by atoms with van der Waals surface area (Å²) in [6.07, 6.45) is 2.44. The van der Waals surface area contributed by atoms with Gasteiger partial charge in [-0.3, -0.25) is 0 Å². The van der Waals surface area contributed by atoms with E-state index in [0.717, 1.165) is 18.5 Å². The van der Waals surface area contributed by atoms with Crippen LogP contribution in [0.3, 0.4) is 0 Å². The predicted octanol–water partition coefficient (Wildman–Crippen LogP) is 3.56. The highest BCUT2D eigenvalue weighted by molar-refractivity contribution is 5.82. The van der Waals surface area contributed by atoms with Crippen molar-refractivity contribution in [2.75, 3.05) is 6.54 Å². The van der Waals surface area contributed by atoms with Gasteiger partial charge in [0.1, 0.15) is 5.60 Å². The van der Waals surface area contributed by atoms with Crippen LogP contribution in [0.1, 0.15) is 39.7 Å². The van der Waals surface area contributed by atoms with Gasteiger partial charge >= 0.3 is 6.09 Å². The summed E-state index contributed by atoms with van der Waals surface area (Å²) in [7, 11) is 0. The third-order valence-electron chi connectivity index (χ3n) is 3.61. The monoisotopic (exact) mass is 317 g/mol. The van der Waals surface area contributed by atoms with Gasteiger partial charge in [0.2, 0.25) is 0 Å². The lowest BCUT2D eigenvalue weighted by atomic mass is 10.1. The molecule has 1 atom stereocenters. The standard InChI is InChI=1S/C18H27N3O2/c1-5-14(21-17(22)23-18(2,3)4)12-19-11-13-7-6-8-16-15(13)9-10-20-16/h6-10,14,19-20H,5,11-12H2,1-4H3,(H,21,22). The third-order valence-corrected chi connectivity index (χ3v) is 3.61. The maximum absolute atomic E-state index is 11.8. The summed E-state index contributed by atoms with van der Waals surface area (Å²) < 4.78 is 5.30. The average Bonchev–Trinajstić information content (AvgIpc) is 2.93. The number of aromatic amines is 1. The maximum atomic E-state index is 11.8. The van der Waals surface area contributed by atoms with Crippen molar-refractivity contribution < 1.29 is 9.53 Å². The van der Waals surface area contributed by atoms with Crippen LogP contribution >= 0.6 is 0 Å². The van der Waals surface area contributed by atoms with Gasteiger partial charge in [0, 0.05) is 36.2 Å². The van der Waals surface area contributed by atoms with E-state index in [-0.39, 0.29) is 12.1 Å². The number of H-pyrrole nitrogens is 1. The fourth-order valence-corrected chi connectivity index (χ4v) is 2.46. The second-order valence-electron chi connectivity index (χ2n) is 6.74. The molecule has 2 rings (SSSR count). The highest BCUT2D eigenvalue weighted by Gasteiger charge is 2.18. The zero-order valence-electron chi connectivity index (χ0n) is 14.4. The Bertz CT molecular complexity index is 643. The molecule has 1 aromatic carbocycles. The molecule has 0 spiro atoms. The van der Waals surface area contributed by atoms with Gasteiger partial charge in [-0.1, -0.05) is 19.1 Å². The number of carbonyl (C=O) groups is 1. The minimum Gasteiger partial charge on any atom is -0.444 e. The maximum Gasteiger partial charge on any atom is 0.407 e. The molecular weight excluding hydrogens is 290 g/mol. The molecule has 126 valence electrons. The minimum absolute atomic E-state index is 0.0512. The number of amides is 1. The number of ether oxygens (including phenoxy) is 1. The number of benzene rings is 1. The molecule has 0 radical (unpaired) electrons. The van der Waals surface area contributed by atoms with Gasteiger partial charge in [-0.2, -0.15) is 0 Å². The second-order valence-corrected chi connectivity index (χ2v) is 6.74. The van der Waals surface area contributed by atoms with Crippen molar-refractivity contribution in [2.24, 2.45) is 0 Å². The van der Waals surface area contributed by atoms with Gasteiger partial charge in [-0.25, -0.2) is 4.79 Å². The Hall–Kier alpha value is -2.01. The lowest BCUT2D eigenvalue weighted by Crippen LogP contribution is -2.43. The first-order valence-electron chi connectivity index (χ1n) is 8.14. The van der Waals surface area contributed by atoms with Gasteiger partial charge < -0.3 is 20.4 Å². The van der Waals surface area contributed by atoms with Crippen LogP contribution in [0.5, 0.6) is 0 Å². The molecule has 1 heterocycles. The zero-order valence-corrected chi connectivity index (χ0v) is 14.4. The van der Waals surface area contributed by atoms with Crippen molar-refractivity contribution >= 4 is 17.0 Å². The van der Waals surface area contributed by atoms with Crippen LogP contribution < -0.4 is 10.6 Å². The number of nitrogens with one attached hydrogen (secondary N) is 3. The van der Waals surface area contributed by atoms with Crippen molar-refractivity contribution in [3.05, 3.63) is 36.0 Å². The van der Waals surface area contributed by atoms with Gasteiger partial charge in [-0.05, 0) is 44.9 Å². The normalized spacial score (nSPS) is 13.0. The summed E-state index contributed by atoms with van der Waals surface area (Å²) in [6.45, 7) is 9.12. The number of hydrogen-bond acceptors (Lipinski definition) is 3. The van der Waals surface area contributed by atoms with Gasteiger partial charge in [-0.15, -0.1) is 0 Å². The molecule has 1 aromatic heterocycles. The Morgan fingerprint density at radius 2 is 2.09 bits per heavy atom. The van der Waals surface area contributed by atoms with Crippen molar-refractivity contribution in [3.63, 3.8) is 0 Å². The average molecular weight is 317 g/mol. The SMILES string of the molecule is CCC(CNCc1cccc2[nH]ccc12)NC(=O)OC(C)(C)C. The van der Waals surface area contributed by atoms with Crippen LogP contribution in [-0.2, 0) is 11.3 Å². The van der Waals surface area contributed by atoms with E-state index in [2.05, 4.69) is 40.7 Å². The summed E-state index contributed by atoms with van der Waals surface area (Å²) in [4.78, 5) is 15.1. The number of alkyl carbamates (subject to hydrolysis) is 1. The Morgan fingerprint density at radius 1 is 1.30 bits per heavy atom. The van der Waals surface area contributed by atoms with E-state index in [1.165, 1.54) is 10.9 Å². The van der Waals surface area contributed by atoms with E-state index in [4.69, 9.17) is 4.74 Å². The molecule has 0 saturated carbocycles. The second kappa shape index (κ2) is 7.51. The summed E-state index contributed by atoms with van der Waals surface area (Å²) in [5, 5.41) is 7.56. The first-order valence-corrected chi connectivity index (χ1v) is 8.14. The molecule has 2 aromatic rings. The minimum atomic E-state index is -0.472. The topological polar surface area (TPSA) is 66.2 Å². The summed E-state index contributed by atoms with van der Waals surface area (Å²) in [5.41, 5.74) is 1.92. The van der Waals surface area contributed by atoms with Gasteiger partial charge in [0.15, 0.2) is 0 Å². The zero-order chi connectivity index (χ0) is 16.9. The van der Waals surface area contributed by atoms with E-state index < -0.39 is 5.60 Å². The van der Waals surface area contributed by atoms with E-state index in [1.807, 2.05) is 33.0 Å².